The number of aliphatic hydroxyl groups is 2. The zero-order chi connectivity index (χ0) is 27.8. The van der Waals surface area contributed by atoms with Gasteiger partial charge < -0.3 is 20.9 Å². The number of fused-ring (bicyclic) bond motifs is 1. The molecular formula is C25H19F3N4O5S. The molecule has 0 saturated carbocycles. The molecule has 0 unspecified atom stereocenters. The number of hydrogen-bond donors (Lipinski definition) is 4. The average Bonchev–Trinajstić information content (AvgIpc) is 3.28. The summed E-state index contributed by atoms with van der Waals surface area (Å²) in [6.45, 7) is 1.15. The molecule has 0 saturated heterocycles. The first-order valence-corrected chi connectivity index (χ1v) is 12.3. The molecule has 4 aromatic rings. The summed E-state index contributed by atoms with van der Waals surface area (Å²) in [4.78, 5) is 19.4. The number of halogens is 3. The number of nitrogens with two attached hydrogens (primary N) is 1. The number of benzene rings is 3. The number of para-hydroxylation sites is 2. The van der Waals surface area contributed by atoms with Crippen LogP contribution in [0.15, 0.2) is 70.0 Å². The number of Topliss-reactive ketones (excluding diaryl/α,β-unsaturated/α-hetero) is 1. The molecule has 3 aromatic carbocycles. The van der Waals surface area contributed by atoms with Crippen molar-refractivity contribution in [1.29, 1.82) is 0 Å². The monoisotopic (exact) mass is 544 g/mol. The van der Waals surface area contributed by atoms with E-state index in [-0.39, 0.29) is 5.82 Å². The molecule has 0 aliphatic rings. The van der Waals surface area contributed by atoms with Gasteiger partial charge in [-0.2, -0.15) is 8.42 Å². The number of rotatable bonds is 7. The van der Waals surface area contributed by atoms with E-state index in [0.29, 0.717) is 29.2 Å². The van der Waals surface area contributed by atoms with Crippen LogP contribution in [-0.2, 0) is 10.0 Å². The van der Waals surface area contributed by atoms with Gasteiger partial charge >= 0.3 is 0 Å². The van der Waals surface area contributed by atoms with E-state index in [9.17, 15) is 36.6 Å². The molecule has 0 radical (unpaired) electrons. The van der Waals surface area contributed by atoms with Crippen molar-refractivity contribution in [2.75, 3.05) is 0 Å². The molecule has 1 atom stereocenters. The lowest BCUT2D eigenvalue weighted by Gasteiger charge is -2.11. The van der Waals surface area contributed by atoms with Crippen LogP contribution in [0.1, 0.15) is 28.7 Å². The fourth-order valence-corrected chi connectivity index (χ4v) is 4.58. The minimum atomic E-state index is -4.81. The number of aromatic nitrogens is 2. The number of amidine groups is 1. The summed E-state index contributed by atoms with van der Waals surface area (Å²) in [5, 5.41) is 20.6. The molecular weight excluding hydrogens is 525 g/mol. The number of carbonyl (C=O) groups excluding carboxylic acids is 1. The molecule has 0 fully saturated rings. The molecule has 0 aliphatic carbocycles. The Kier molecular flexibility index (Phi) is 7.07. The largest absolute Gasteiger partial charge is 0.506 e. The quantitative estimate of drug-likeness (QED) is 0.0907. The first-order chi connectivity index (χ1) is 17.9. The number of nitrogens with zero attached hydrogens (tertiary/aromatic N) is 2. The highest BCUT2D eigenvalue weighted by molar-refractivity contribution is 7.90. The maximum atomic E-state index is 14.5. The van der Waals surface area contributed by atoms with Crippen LogP contribution in [0.5, 0.6) is 0 Å². The van der Waals surface area contributed by atoms with Crippen LogP contribution in [0.2, 0.25) is 0 Å². The van der Waals surface area contributed by atoms with Crippen molar-refractivity contribution < 1.29 is 36.6 Å². The SMILES string of the molecule is C[C@@H](O)C(N)=NS(=O)(=O)c1cc(C(O)=C(C(=O)c2cc(F)ccc2F)c2nc3ccccc3[nH]2)ccc1F. The Morgan fingerprint density at radius 1 is 1.05 bits per heavy atom. The van der Waals surface area contributed by atoms with Crippen LogP contribution < -0.4 is 5.73 Å². The van der Waals surface area contributed by atoms with Gasteiger partial charge in [0.15, 0.2) is 0 Å². The summed E-state index contributed by atoms with van der Waals surface area (Å²) < 4.78 is 71.4. The van der Waals surface area contributed by atoms with Crippen molar-refractivity contribution in [1.82, 2.24) is 9.97 Å². The second-order valence-electron chi connectivity index (χ2n) is 8.09. The van der Waals surface area contributed by atoms with Crippen LogP contribution in [0.4, 0.5) is 13.2 Å². The molecule has 1 heterocycles. The van der Waals surface area contributed by atoms with Gasteiger partial charge in [-0.1, -0.05) is 12.1 Å². The number of carbonyl (C=O) groups is 1. The topological polar surface area (TPSA) is 159 Å². The fourth-order valence-electron chi connectivity index (χ4n) is 3.46. The average molecular weight is 545 g/mol. The van der Waals surface area contributed by atoms with Gasteiger partial charge in [0.1, 0.15) is 51.4 Å². The van der Waals surface area contributed by atoms with E-state index in [0.717, 1.165) is 25.1 Å². The number of allylic oxidation sites excluding steroid dienone is 1. The Morgan fingerprint density at radius 3 is 2.42 bits per heavy atom. The highest BCUT2D eigenvalue weighted by atomic mass is 32.2. The third-order valence-corrected chi connectivity index (χ3v) is 6.72. The van der Waals surface area contributed by atoms with E-state index >= 15 is 0 Å². The van der Waals surface area contributed by atoms with Crippen LogP contribution in [0.3, 0.4) is 0 Å². The second-order valence-corrected chi connectivity index (χ2v) is 9.66. The molecule has 0 amide bonds. The van der Waals surface area contributed by atoms with Crippen molar-refractivity contribution in [2.24, 2.45) is 10.1 Å². The van der Waals surface area contributed by atoms with E-state index in [1.165, 1.54) is 0 Å². The highest BCUT2D eigenvalue weighted by Gasteiger charge is 2.28. The maximum absolute atomic E-state index is 14.5. The maximum Gasteiger partial charge on any atom is 0.286 e. The molecule has 196 valence electrons. The minimum Gasteiger partial charge on any atom is -0.506 e. The number of H-pyrrole nitrogens is 1. The Bertz CT molecular complexity index is 1710. The number of nitrogens with one attached hydrogen (secondary N) is 1. The first-order valence-electron chi connectivity index (χ1n) is 10.9. The van der Waals surface area contributed by atoms with Crippen molar-refractivity contribution in [3.8, 4) is 0 Å². The van der Waals surface area contributed by atoms with Crippen LogP contribution in [-0.4, -0.2) is 46.3 Å². The lowest BCUT2D eigenvalue weighted by Crippen LogP contribution is -2.27. The summed E-state index contributed by atoms with van der Waals surface area (Å²) >= 11 is 0. The third kappa shape index (κ3) is 5.14. The standard InChI is InChI=1S/C25H19F3N4O5S/c1-12(33)24(29)32-38(36,37)20-10-13(6-8-17(20)28)22(34)21(23(35)15-11-14(26)7-9-16(15)27)25-30-18-4-2-3-5-19(18)31-25/h2-12,33-34H,1H3,(H2,29,32)(H,30,31)/t12-/m1/s1. The lowest BCUT2D eigenvalue weighted by atomic mass is 9.98. The van der Waals surface area contributed by atoms with Crippen molar-refractivity contribution >= 4 is 44.0 Å². The molecule has 0 spiro atoms. The fraction of sp³-hybridized carbons (Fsp3) is 0.0800. The number of aromatic amines is 1. The van der Waals surface area contributed by atoms with Gasteiger partial charge in [0.2, 0.25) is 5.78 Å². The van der Waals surface area contributed by atoms with Crippen LogP contribution in [0.25, 0.3) is 22.4 Å². The molecule has 0 aliphatic heterocycles. The number of aliphatic hydroxyl groups excluding tert-OH is 2. The minimum absolute atomic E-state index is 0.248. The molecule has 0 bridgehead atoms. The summed E-state index contributed by atoms with van der Waals surface area (Å²) in [6.07, 6.45) is -1.46. The van der Waals surface area contributed by atoms with Gasteiger partial charge in [-0.05, 0) is 55.5 Å². The smallest absolute Gasteiger partial charge is 0.286 e. The van der Waals surface area contributed by atoms with Crippen LogP contribution in [0, 0.1) is 17.5 Å². The number of hydrogen-bond acceptors (Lipinski definition) is 6. The molecule has 9 nitrogen and oxygen atoms in total. The highest BCUT2D eigenvalue weighted by Crippen LogP contribution is 2.31. The van der Waals surface area contributed by atoms with Crippen molar-refractivity contribution in [3.63, 3.8) is 0 Å². The molecule has 1 aromatic heterocycles. The zero-order valence-electron chi connectivity index (χ0n) is 19.5. The Labute approximate surface area is 213 Å². The van der Waals surface area contributed by atoms with Gasteiger partial charge in [-0.15, -0.1) is 4.40 Å². The lowest BCUT2D eigenvalue weighted by molar-refractivity contribution is 0.105. The predicted octanol–water partition coefficient (Wildman–Crippen LogP) is 3.72. The van der Waals surface area contributed by atoms with Crippen molar-refractivity contribution in [3.05, 3.63) is 95.1 Å². The van der Waals surface area contributed by atoms with Gasteiger partial charge in [0.25, 0.3) is 10.0 Å². The predicted molar refractivity (Wildman–Crippen MR) is 133 cm³/mol. The van der Waals surface area contributed by atoms with Crippen molar-refractivity contribution in [2.45, 2.75) is 17.9 Å². The first kappa shape index (κ1) is 26.6. The Hall–Kier alpha value is -4.49. The summed E-state index contributed by atoms with van der Waals surface area (Å²) in [5.74, 6) is -6.36. The number of sulfonamides is 1. The Balaban J connectivity index is 1.97. The van der Waals surface area contributed by atoms with Gasteiger partial charge in [-0.3, -0.25) is 4.79 Å². The molecule has 5 N–H and O–H groups in total. The normalized spacial score (nSPS) is 13.9. The van der Waals surface area contributed by atoms with E-state index in [1.807, 2.05) is 0 Å². The van der Waals surface area contributed by atoms with E-state index in [1.54, 1.807) is 24.3 Å². The second kappa shape index (κ2) is 10.1. The molecule has 13 heteroatoms. The molecule has 38 heavy (non-hydrogen) atoms. The van der Waals surface area contributed by atoms with E-state index in [4.69, 9.17) is 5.73 Å². The summed E-state index contributed by atoms with van der Waals surface area (Å²) in [7, 11) is -4.81. The third-order valence-electron chi connectivity index (χ3n) is 5.40. The van der Waals surface area contributed by atoms with Crippen LogP contribution >= 0.6 is 0 Å². The Morgan fingerprint density at radius 2 is 1.74 bits per heavy atom. The van der Waals surface area contributed by atoms with Gasteiger partial charge in [0, 0.05) is 5.56 Å². The summed E-state index contributed by atoms with van der Waals surface area (Å²) in [6, 6.07) is 11.0. The number of imidazole rings is 1. The molecule has 4 rings (SSSR count). The summed E-state index contributed by atoms with van der Waals surface area (Å²) in [5.41, 5.74) is 4.42. The van der Waals surface area contributed by atoms with Gasteiger partial charge in [-0.25, -0.2) is 18.2 Å². The van der Waals surface area contributed by atoms with E-state index in [2.05, 4.69) is 14.4 Å². The van der Waals surface area contributed by atoms with E-state index < -0.39 is 72.6 Å². The number of ketones is 1. The zero-order valence-corrected chi connectivity index (χ0v) is 20.3. The van der Waals surface area contributed by atoms with Gasteiger partial charge in [0.05, 0.1) is 16.6 Å².